The molecule has 1 amide bonds. The molecule has 0 spiro atoms. The highest BCUT2D eigenvalue weighted by molar-refractivity contribution is 6.29. The summed E-state index contributed by atoms with van der Waals surface area (Å²) in [6.45, 7) is 1.68. The van der Waals surface area contributed by atoms with E-state index in [4.69, 9.17) is 17.3 Å². The Morgan fingerprint density at radius 1 is 1.60 bits per heavy atom. The maximum atomic E-state index is 10.5. The minimum atomic E-state index is -0.430. The van der Waals surface area contributed by atoms with Crippen LogP contribution in [0.25, 0.3) is 0 Å². The van der Waals surface area contributed by atoms with Crippen molar-refractivity contribution in [2.45, 2.75) is 13.3 Å². The van der Waals surface area contributed by atoms with Gasteiger partial charge in [0.15, 0.2) is 11.0 Å². The number of nitrogens with zero attached hydrogens (tertiary/aromatic N) is 3. The second kappa shape index (κ2) is 5.26. The van der Waals surface area contributed by atoms with E-state index in [1.165, 1.54) is 0 Å². The summed E-state index contributed by atoms with van der Waals surface area (Å²) in [5.74, 6) is 0.0171. The van der Waals surface area contributed by atoms with Gasteiger partial charge in [0.05, 0.1) is 6.42 Å². The first kappa shape index (κ1) is 11.4. The number of anilines is 1. The second-order valence-electron chi connectivity index (χ2n) is 2.84. The standard InChI is InChI=1S/C8H10ClN5O/c1-5(4-7(10)15)11-13-8-3-2-6(9)12-14-8/h2-3H,4H2,1H3,(H2,10,15)(H,13,14). The Morgan fingerprint density at radius 2 is 2.33 bits per heavy atom. The first-order chi connectivity index (χ1) is 7.08. The molecule has 1 heterocycles. The highest BCUT2D eigenvalue weighted by Crippen LogP contribution is 2.05. The van der Waals surface area contributed by atoms with Gasteiger partial charge in [-0.1, -0.05) is 11.6 Å². The number of rotatable bonds is 4. The smallest absolute Gasteiger partial charge is 0.223 e. The summed E-state index contributed by atoms with van der Waals surface area (Å²) >= 11 is 5.54. The van der Waals surface area contributed by atoms with Gasteiger partial charge in [-0.25, -0.2) is 0 Å². The Bertz CT molecular complexity index is 375. The van der Waals surface area contributed by atoms with Crippen LogP contribution in [-0.4, -0.2) is 21.8 Å². The van der Waals surface area contributed by atoms with Crippen LogP contribution < -0.4 is 11.2 Å². The molecule has 15 heavy (non-hydrogen) atoms. The number of hydrazone groups is 1. The van der Waals surface area contributed by atoms with E-state index >= 15 is 0 Å². The number of hydrogen-bond donors (Lipinski definition) is 2. The summed E-state index contributed by atoms with van der Waals surface area (Å²) in [6, 6.07) is 3.20. The number of amides is 1. The number of halogens is 1. The number of carbonyl (C=O) groups is 1. The topological polar surface area (TPSA) is 93.3 Å². The van der Waals surface area contributed by atoms with Crippen LogP contribution in [0, 0.1) is 0 Å². The number of hydrogen-bond acceptors (Lipinski definition) is 5. The number of aromatic nitrogens is 2. The summed E-state index contributed by atoms with van der Waals surface area (Å²) in [4.78, 5) is 10.5. The molecule has 7 heteroatoms. The first-order valence-electron chi connectivity index (χ1n) is 4.14. The van der Waals surface area contributed by atoms with E-state index < -0.39 is 5.91 Å². The van der Waals surface area contributed by atoms with E-state index in [0.717, 1.165) is 0 Å². The Labute approximate surface area is 91.5 Å². The van der Waals surface area contributed by atoms with Crippen molar-refractivity contribution in [2.75, 3.05) is 5.43 Å². The second-order valence-corrected chi connectivity index (χ2v) is 3.23. The van der Waals surface area contributed by atoms with Crippen molar-refractivity contribution in [3.8, 4) is 0 Å². The minimum absolute atomic E-state index is 0.105. The monoisotopic (exact) mass is 227 g/mol. The lowest BCUT2D eigenvalue weighted by Crippen LogP contribution is -2.15. The van der Waals surface area contributed by atoms with Crippen molar-refractivity contribution in [1.29, 1.82) is 0 Å². The summed E-state index contributed by atoms with van der Waals surface area (Å²) < 4.78 is 0. The first-order valence-corrected chi connectivity index (χ1v) is 4.52. The van der Waals surface area contributed by atoms with E-state index in [2.05, 4.69) is 20.7 Å². The fourth-order valence-corrected chi connectivity index (χ4v) is 0.921. The zero-order chi connectivity index (χ0) is 11.3. The third-order valence-corrected chi connectivity index (χ3v) is 1.62. The van der Waals surface area contributed by atoms with Gasteiger partial charge in [-0.15, -0.1) is 10.2 Å². The van der Waals surface area contributed by atoms with Crippen molar-refractivity contribution in [3.05, 3.63) is 17.3 Å². The minimum Gasteiger partial charge on any atom is -0.369 e. The molecule has 1 rings (SSSR count). The third kappa shape index (κ3) is 4.37. The van der Waals surface area contributed by atoms with Crippen LogP contribution in [0.3, 0.4) is 0 Å². The van der Waals surface area contributed by atoms with Crippen LogP contribution in [0.4, 0.5) is 5.82 Å². The van der Waals surface area contributed by atoms with Gasteiger partial charge in [0.1, 0.15) is 0 Å². The van der Waals surface area contributed by atoms with Gasteiger partial charge in [-0.05, 0) is 19.1 Å². The van der Waals surface area contributed by atoms with E-state index in [9.17, 15) is 4.79 Å². The van der Waals surface area contributed by atoms with Gasteiger partial charge in [0, 0.05) is 5.71 Å². The quantitative estimate of drug-likeness (QED) is 0.588. The van der Waals surface area contributed by atoms with Gasteiger partial charge in [0.2, 0.25) is 5.91 Å². The fraction of sp³-hybridized carbons (Fsp3) is 0.250. The van der Waals surface area contributed by atoms with E-state index in [0.29, 0.717) is 16.7 Å². The molecule has 0 unspecified atom stereocenters. The summed E-state index contributed by atoms with van der Waals surface area (Å²) in [7, 11) is 0. The number of primary amides is 1. The van der Waals surface area contributed by atoms with E-state index in [1.807, 2.05) is 0 Å². The zero-order valence-corrected chi connectivity index (χ0v) is 8.82. The normalized spacial score (nSPS) is 11.2. The molecule has 0 aliphatic heterocycles. The van der Waals surface area contributed by atoms with Crippen molar-refractivity contribution in [3.63, 3.8) is 0 Å². The van der Waals surface area contributed by atoms with Crippen molar-refractivity contribution in [1.82, 2.24) is 10.2 Å². The largest absolute Gasteiger partial charge is 0.369 e. The molecule has 0 fully saturated rings. The van der Waals surface area contributed by atoms with Crippen molar-refractivity contribution < 1.29 is 4.79 Å². The van der Waals surface area contributed by atoms with Crippen LogP contribution in [0.15, 0.2) is 17.2 Å². The molecular formula is C8H10ClN5O. The van der Waals surface area contributed by atoms with E-state index in [1.54, 1.807) is 19.1 Å². The van der Waals surface area contributed by atoms with Crippen LogP contribution in [-0.2, 0) is 4.79 Å². The molecule has 0 aliphatic rings. The Hall–Kier alpha value is -1.69. The van der Waals surface area contributed by atoms with Crippen LogP contribution in [0.5, 0.6) is 0 Å². The van der Waals surface area contributed by atoms with E-state index in [-0.39, 0.29) is 6.42 Å². The summed E-state index contributed by atoms with van der Waals surface area (Å²) in [5.41, 5.74) is 8.18. The van der Waals surface area contributed by atoms with Crippen LogP contribution in [0.2, 0.25) is 5.15 Å². The highest BCUT2D eigenvalue weighted by atomic mass is 35.5. The molecule has 1 aromatic heterocycles. The molecule has 0 bridgehead atoms. The lowest BCUT2D eigenvalue weighted by Gasteiger charge is -1.99. The number of nitrogens with one attached hydrogen (secondary N) is 1. The lowest BCUT2D eigenvalue weighted by atomic mass is 10.3. The van der Waals surface area contributed by atoms with Gasteiger partial charge < -0.3 is 5.73 Å². The molecule has 0 saturated heterocycles. The van der Waals surface area contributed by atoms with Crippen LogP contribution in [0.1, 0.15) is 13.3 Å². The predicted octanol–water partition coefficient (Wildman–Crippen LogP) is 0.793. The maximum Gasteiger partial charge on any atom is 0.223 e. The molecular weight excluding hydrogens is 218 g/mol. The Balaban J connectivity index is 2.55. The lowest BCUT2D eigenvalue weighted by molar-refractivity contribution is -0.116. The third-order valence-electron chi connectivity index (χ3n) is 1.42. The van der Waals surface area contributed by atoms with Gasteiger partial charge >= 0.3 is 0 Å². The fourth-order valence-electron chi connectivity index (χ4n) is 0.820. The Morgan fingerprint density at radius 3 is 2.87 bits per heavy atom. The van der Waals surface area contributed by atoms with Gasteiger partial charge in [-0.2, -0.15) is 5.10 Å². The summed E-state index contributed by atoms with van der Waals surface area (Å²) in [6.07, 6.45) is 0.105. The average Bonchev–Trinajstić information content (AvgIpc) is 2.16. The zero-order valence-electron chi connectivity index (χ0n) is 8.07. The molecule has 0 aromatic carbocycles. The molecule has 1 aromatic rings. The molecule has 0 atom stereocenters. The highest BCUT2D eigenvalue weighted by Gasteiger charge is 1.98. The number of carbonyl (C=O) groups excluding carboxylic acids is 1. The van der Waals surface area contributed by atoms with Gasteiger partial charge in [-0.3, -0.25) is 10.2 Å². The predicted molar refractivity (Wildman–Crippen MR) is 57.6 cm³/mol. The SMILES string of the molecule is CC(CC(N)=O)=NNc1ccc(Cl)nn1. The van der Waals surface area contributed by atoms with Gasteiger partial charge in [0.25, 0.3) is 0 Å². The summed E-state index contributed by atoms with van der Waals surface area (Å²) in [5, 5.41) is 11.5. The van der Waals surface area contributed by atoms with Crippen LogP contribution >= 0.6 is 11.6 Å². The maximum absolute atomic E-state index is 10.5. The Kier molecular flexibility index (Phi) is 3.99. The molecule has 6 nitrogen and oxygen atoms in total. The van der Waals surface area contributed by atoms with Crippen molar-refractivity contribution in [2.24, 2.45) is 10.8 Å². The molecule has 0 saturated carbocycles. The number of nitrogens with two attached hydrogens (primary N) is 1. The van der Waals surface area contributed by atoms with Crippen molar-refractivity contribution >= 4 is 29.0 Å². The average molecular weight is 228 g/mol. The molecule has 80 valence electrons. The molecule has 3 N–H and O–H groups in total. The molecule has 0 aliphatic carbocycles. The molecule has 0 radical (unpaired) electrons.